The number of hydrogen-bond donors (Lipinski definition) is 1. The largest absolute Gasteiger partial charge is 0.339 e. The SMILES string of the molecule is CCCCc1ncnc(N2CC[C@@H](NC)C2)n1. The Balaban J connectivity index is 2.01. The van der Waals surface area contributed by atoms with Crippen LogP contribution >= 0.6 is 0 Å². The molecule has 2 rings (SSSR count). The molecule has 0 saturated carbocycles. The van der Waals surface area contributed by atoms with Crippen LogP contribution in [0, 0.1) is 0 Å². The Labute approximate surface area is 103 Å². The topological polar surface area (TPSA) is 53.9 Å². The van der Waals surface area contributed by atoms with Crippen LogP contribution in [0.5, 0.6) is 0 Å². The summed E-state index contributed by atoms with van der Waals surface area (Å²) in [6, 6.07) is 0.561. The molecule has 94 valence electrons. The highest BCUT2D eigenvalue weighted by molar-refractivity contribution is 5.31. The van der Waals surface area contributed by atoms with Crippen LogP contribution in [0.15, 0.2) is 6.33 Å². The molecular weight excluding hydrogens is 214 g/mol. The zero-order valence-corrected chi connectivity index (χ0v) is 10.7. The minimum absolute atomic E-state index is 0.561. The van der Waals surface area contributed by atoms with Gasteiger partial charge in [-0.1, -0.05) is 13.3 Å². The molecule has 1 atom stereocenters. The lowest BCUT2D eigenvalue weighted by Gasteiger charge is -2.16. The lowest BCUT2D eigenvalue weighted by atomic mass is 10.2. The fourth-order valence-corrected chi connectivity index (χ4v) is 2.11. The van der Waals surface area contributed by atoms with E-state index in [0.29, 0.717) is 6.04 Å². The number of aromatic nitrogens is 3. The van der Waals surface area contributed by atoms with Crippen LogP contribution in [-0.4, -0.2) is 41.1 Å². The van der Waals surface area contributed by atoms with E-state index in [-0.39, 0.29) is 0 Å². The van der Waals surface area contributed by atoms with Gasteiger partial charge in [-0.2, -0.15) is 4.98 Å². The molecule has 1 aromatic heterocycles. The first kappa shape index (κ1) is 12.2. The molecule has 1 N–H and O–H groups in total. The van der Waals surface area contributed by atoms with Crippen LogP contribution < -0.4 is 10.2 Å². The van der Waals surface area contributed by atoms with Gasteiger partial charge in [0.2, 0.25) is 5.95 Å². The van der Waals surface area contributed by atoms with Gasteiger partial charge in [0.15, 0.2) is 0 Å². The van der Waals surface area contributed by atoms with Gasteiger partial charge in [0.25, 0.3) is 0 Å². The predicted octanol–water partition coefficient (Wildman–Crippen LogP) is 1.01. The summed E-state index contributed by atoms with van der Waals surface area (Å²) in [5, 5.41) is 3.30. The number of aryl methyl sites for hydroxylation is 1. The second kappa shape index (κ2) is 5.91. The van der Waals surface area contributed by atoms with Crippen LogP contribution in [0.1, 0.15) is 32.0 Å². The van der Waals surface area contributed by atoms with Crippen molar-refractivity contribution < 1.29 is 0 Å². The van der Waals surface area contributed by atoms with E-state index in [1.807, 2.05) is 7.05 Å². The predicted molar refractivity (Wildman–Crippen MR) is 68.1 cm³/mol. The van der Waals surface area contributed by atoms with E-state index >= 15 is 0 Å². The second-order valence-electron chi connectivity index (χ2n) is 4.53. The maximum absolute atomic E-state index is 4.54. The molecule has 5 nitrogen and oxygen atoms in total. The molecule has 1 fully saturated rings. The van der Waals surface area contributed by atoms with E-state index < -0.39 is 0 Å². The van der Waals surface area contributed by atoms with Gasteiger partial charge in [-0.05, 0) is 19.9 Å². The van der Waals surface area contributed by atoms with Gasteiger partial charge in [-0.15, -0.1) is 0 Å². The zero-order valence-electron chi connectivity index (χ0n) is 10.7. The molecule has 1 saturated heterocycles. The van der Waals surface area contributed by atoms with Gasteiger partial charge in [-0.25, -0.2) is 9.97 Å². The van der Waals surface area contributed by atoms with E-state index in [1.165, 1.54) is 6.42 Å². The van der Waals surface area contributed by atoms with Crippen molar-refractivity contribution in [2.45, 2.75) is 38.6 Å². The smallest absolute Gasteiger partial charge is 0.228 e. The lowest BCUT2D eigenvalue weighted by Crippen LogP contribution is -2.30. The standard InChI is InChI=1S/C12H21N5/c1-3-4-5-11-14-9-15-12(16-11)17-7-6-10(8-17)13-2/h9-10,13H,3-8H2,1-2H3/t10-/m1/s1. The molecule has 2 heterocycles. The number of nitrogens with one attached hydrogen (secondary N) is 1. The maximum atomic E-state index is 4.54. The summed E-state index contributed by atoms with van der Waals surface area (Å²) in [6.45, 7) is 4.20. The highest BCUT2D eigenvalue weighted by Gasteiger charge is 2.23. The Morgan fingerprint density at radius 3 is 3.06 bits per heavy atom. The Morgan fingerprint density at radius 1 is 1.47 bits per heavy atom. The molecule has 1 aliphatic rings. The van der Waals surface area contributed by atoms with E-state index in [1.54, 1.807) is 6.33 Å². The van der Waals surface area contributed by atoms with Crippen LogP contribution in [0.4, 0.5) is 5.95 Å². The summed E-state index contributed by atoms with van der Waals surface area (Å²) in [4.78, 5) is 15.3. The molecule has 0 spiro atoms. The highest BCUT2D eigenvalue weighted by Crippen LogP contribution is 2.15. The monoisotopic (exact) mass is 235 g/mol. The van der Waals surface area contributed by atoms with Crippen molar-refractivity contribution in [1.29, 1.82) is 0 Å². The van der Waals surface area contributed by atoms with Gasteiger partial charge in [0.05, 0.1) is 0 Å². The third kappa shape index (κ3) is 3.12. The van der Waals surface area contributed by atoms with Crippen molar-refractivity contribution in [2.75, 3.05) is 25.0 Å². The van der Waals surface area contributed by atoms with E-state index in [4.69, 9.17) is 0 Å². The van der Waals surface area contributed by atoms with Gasteiger partial charge < -0.3 is 10.2 Å². The molecule has 0 bridgehead atoms. The first-order valence-electron chi connectivity index (χ1n) is 6.43. The van der Waals surface area contributed by atoms with Gasteiger partial charge in [0.1, 0.15) is 12.2 Å². The first-order valence-corrected chi connectivity index (χ1v) is 6.43. The van der Waals surface area contributed by atoms with Crippen LogP contribution in [0.2, 0.25) is 0 Å². The number of unbranched alkanes of at least 4 members (excludes halogenated alkanes) is 1. The summed E-state index contributed by atoms with van der Waals surface area (Å²) in [5.41, 5.74) is 0. The number of rotatable bonds is 5. The van der Waals surface area contributed by atoms with Gasteiger partial charge >= 0.3 is 0 Å². The average Bonchev–Trinajstić information content (AvgIpc) is 2.85. The van der Waals surface area contributed by atoms with Crippen LogP contribution in [0.25, 0.3) is 0 Å². The summed E-state index contributed by atoms with van der Waals surface area (Å²) in [7, 11) is 2.01. The molecular formula is C12H21N5. The molecule has 17 heavy (non-hydrogen) atoms. The molecule has 0 amide bonds. The zero-order chi connectivity index (χ0) is 12.1. The van der Waals surface area contributed by atoms with Crippen molar-refractivity contribution >= 4 is 5.95 Å². The van der Waals surface area contributed by atoms with Gasteiger partial charge in [0, 0.05) is 25.6 Å². The van der Waals surface area contributed by atoms with Crippen molar-refractivity contribution in [1.82, 2.24) is 20.3 Å². The second-order valence-corrected chi connectivity index (χ2v) is 4.53. The number of likely N-dealkylation sites (N-methyl/N-ethyl adjacent to an activating group) is 1. The van der Waals surface area contributed by atoms with E-state index in [2.05, 4.69) is 32.1 Å². The Bertz CT molecular complexity index is 355. The Kier molecular flexibility index (Phi) is 4.25. The summed E-state index contributed by atoms with van der Waals surface area (Å²) in [6.07, 6.45) is 6.07. The number of anilines is 1. The molecule has 1 aromatic rings. The molecule has 1 aliphatic heterocycles. The third-order valence-corrected chi connectivity index (χ3v) is 3.24. The fraction of sp³-hybridized carbons (Fsp3) is 0.750. The molecule has 0 aliphatic carbocycles. The molecule has 5 heteroatoms. The first-order chi connectivity index (χ1) is 8.33. The molecule has 0 unspecified atom stereocenters. The summed E-state index contributed by atoms with van der Waals surface area (Å²) < 4.78 is 0. The van der Waals surface area contributed by atoms with Crippen LogP contribution in [-0.2, 0) is 6.42 Å². The summed E-state index contributed by atoms with van der Waals surface area (Å²) >= 11 is 0. The fourth-order valence-electron chi connectivity index (χ4n) is 2.11. The average molecular weight is 235 g/mol. The quantitative estimate of drug-likeness (QED) is 0.825. The van der Waals surface area contributed by atoms with Crippen molar-refractivity contribution in [3.63, 3.8) is 0 Å². The van der Waals surface area contributed by atoms with Crippen LogP contribution in [0.3, 0.4) is 0 Å². The lowest BCUT2D eigenvalue weighted by molar-refractivity contribution is 0.615. The molecule has 0 radical (unpaired) electrons. The minimum atomic E-state index is 0.561. The van der Waals surface area contributed by atoms with Crippen molar-refractivity contribution in [2.24, 2.45) is 0 Å². The Morgan fingerprint density at radius 2 is 2.35 bits per heavy atom. The van der Waals surface area contributed by atoms with Crippen molar-refractivity contribution in [3.8, 4) is 0 Å². The minimum Gasteiger partial charge on any atom is -0.339 e. The maximum Gasteiger partial charge on any atom is 0.228 e. The Hall–Kier alpha value is -1.23. The number of hydrogen-bond acceptors (Lipinski definition) is 5. The van der Waals surface area contributed by atoms with E-state index in [9.17, 15) is 0 Å². The molecule has 0 aromatic carbocycles. The van der Waals surface area contributed by atoms with Gasteiger partial charge in [-0.3, -0.25) is 0 Å². The number of nitrogens with zero attached hydrogens (tertiary/aromatic N) is 4. The highest BCUT2D eigenvalue weighted by atomic mass is 15.3. The summed E-state index contributed by atoms with van der Waals surface area (Å²) in [5.74, 6) is 1.76. The third-order valence-electron chi connectivity index (χ3n) is 3.24. The van der Waals surface area contributed by atoms with E-state index in [0.717, 1.165) is 44.1 Å². The van der Waals surface area contributed by atoms with Crippen molar-refractivity contribution in [3.05, 3.63) is 12.2 Å². The normalized spacial score (nSPS) is 19.9.